The van der Waals surface area contributed by atoms with E-state index in [2.05, 4.69) is 25.7 Å². The summed E-state index contributed by atoms with van der Waals surface area (Å²) in [6.45, 7) is 9.55. The molecule has 0 atom stereocenters. The minimum absolute atomic E-state index is 0.00921. The Kier molecular flexibility index (Phi) is 3.98. The van der Waals surface area contributed by atoms with Gasteiger partial charge in [0.15, 0.2) is 0 Å². The van der Waals surface area contributed by atoms with Crippen molar-refractivity contribution < 1.29 is 4.74 Å². The van der Waals surface area contributed by atoms with Crippen LogP contribution in [-0.4, -0.2) is 41.1 Å². The molecule has 0 spiro atoms. The fraction of sp³-hybridized carbons (Fsp3) is 0.800. The van der Waals surface area contributed by atoms with Gasteiger partial charge in [0.25, 0.3) is 0 Å². The highest BCUT2D eigenvalue weighted by Crippen LogP contribution is 2.19. The maximum absolute atomic E-state index is 5.37. The molecule has 0 aliphatic carbocycles. The molecule has 1 saturated heterocycles. The zero-order valence-corrected chi connectivity index (χ0v) is 10.6. The fourth-order valence-corrected chi connectivity index (χ4v) is 1.85. The van der Waals surface area contributed by atoms with Crippen molar-refractivity contribution >= 4 is 34.3 Å². The molecule has 80 valence electrons. The first-order valence-corrected chi connectivity index (χ1v) is 5.66. The molecule has 0 unspecified atom stereocenters. The molecule has 0 aromatic carbocycles. The molecule has 1 fully saturated rings. The minimum atomic E-state index is -0.00921. The van der Waals surface area contributed by atoms with Crippen LogP contribution in [0.2, 0.25) is 0 Å². The summed E-state index contributed by atoms with van der Waals surface area (Å²) in [4.78, 5) is 3.86. The van der Waals surface area contributed by atoms with E-state index < -0.39 is 0 Å². The van der Waals surface area contributed by atoms with Gasteiger partial charge in [-0.25, -0.2) is 0 Å². The highest BCUT2D eigenvalue weighted by molar-refractivity contribution is 7.89. The fourth-order valence-electron chi connectivity index (χ4n) is 1.23. The van der Waals surface area contributed by atoms with Crippen LogP contribution in [0.25, 0.3) is 0 Å². The lowest BCUT2D eigenvalue weighted by Crippen LogP contribution is -2.45. The van der Waals surface area contributed by atoms with E-state index in [0.29, 0.717) is 0 Å². The van der Waals surface area contributed by atoms with Crippen LogP contribution in [0.3, 0.4) is 0 Å². The molecule has 14 heavy (non-hydrogen) atoms. The van der Waals surface area contributed by atoms with E-state index in [4.69, 9.17) is 29.2 Å². The Bertz CT molecular complexity index is 239. The van der Waals surface area contributed by atoms with Gasteiger partial charge < -0.3 is 9.64 Å². The molecule has 1 rings (SSSR count). The standard InChI is InChI=1S/C10H17NOS2/c1-10(2,3)8(13)9(14)11-4-6-12-7-5-11/h4-7H2,1-3H3. The lowest BCUT2D eigenvalue weighted by Gasteiger charge is -2.32. The van der Waals surface area contributed by atoms with Crippen molar-refractivity contribution in [3.8, 4) is 0 Å². The van der Waals surface area contributed by atoms with Crippen LogP contribution < -0.4 is 0 Å². The monoisotopic (exact) mass is 231 g/mol. The van der Waals surface area contributed by atoms with E-state index in [0.717, 1.165) is 36.2 Å². The number of morpholine rings is 1. The van der Waals surface area contributed by atoms with E-state index in [1.165, 1.54) is 0 Å². The first kappa shape index (κ1) is 12.0. The van der Waals surface area contributed by atoms with Gasteiger partial charge in [0.05, 0.1) is 18.1 Å². The zero-order valence-electron chi connectivity index (χ0n) is 9.00. The van der Waals surface area contributed by atoms with Gasteiger partial charge in [0, 0.05) is 18.5 Å². The van der Waals surface area contributed by atoms with E-state index >= 15 is 0 Å². The van der Waals surface area contributed by atoms with Crippen LogP contribution in [-0.2, 0) is 4.74 Å². The molecule has 4 heteroatoms. The first-order valence-electron chi connectivity index (χ1n) is 4.84. The Balaban J connectivity index is 2.60. The number of hydrogen-bond donors (Lipinski definition) is 0. The average Bonchev–Trinajstić information content (AvgIpc) is 2.15. The summed E-state index contributed by atoms with van der Waals surface area (Å²) < 4.78 is 5.27. The van der Waals surface area contributed by atoms with Crippen LogP contribution in [0.15, 0.2) is 0 Å². The minimum Gasteiger partial charge on any atom is -0.378 e. The van der Waals surface area contributed by atoms with Gasteiger partial charge in [-0.1, -0.05) is 45.2 Å². The SMILES string of the molecule is CC(C)(C)C(=S)C(=S)N1CCOCC1. The second-order valence-electron chi connectivity index (χ2n) is 4.48. The maximum Gasteiger partial charge on any atom is 0.116 e. The van der Waals surface area contributed by atoms with Crippen molar-refractivity contribution in [3.05, 3.63) is 0 Å². The van der Waals surface area contributed by atoms with Crippen LogP contribution in [0.4, 0.5) is 0 Å². The van der Waals surface area contributed by atoms with Crippen molar-refractivity contribution in [2.75, 3.05) is 26.3 Å². The largest absolute Gasteiger partial charge is 0.378 e. The van der Waals surface area contributed by atoms with E-state index in [1.54, 1.807) is 0 Å². The molecule has 0 aromatic heterocycles. The van der Waals surface area contributed by atoms with Crippen molar-refractivity contribution in [2.24, 2.45) is 5.41 Å². The molecule has 1 heterocycles. The van der Waals surface area contributed by atoms with Crippen molar-refractivity contribution in [1.82, 2.24) is 4.90 Å². The van der Waals surface area contributed by atoms with Crippen LogP contribution in [0.1, 0.15) is 20.8 Å². The maximum atomic E-state index is 5.37. The predicted octanol–water partition coefficient (Wildman–Crippen LogP) is 2.06. The molecular weight excluding hydrogens is 214 g/mol. The molecule has 0 aromatic rings. The summed E-state index contributed by atoms with van der Waals surface area (Å²) in [5.74, 6) is 0. The molecule has 0 amide bonds. The van der Waals surface area contributed by atoms with Gasteiger partial charge >= 0.3 is 0 Å². The van der Waals surface area contributed by atoms with E-state index in [1.807, 2.05) is 0 Å². The van der Waals surface area contributed by atoms with Crippen molar-refractivity contribution in [2.45, 2.75) is 20.8 Å². The summed E-state index contributed by atoms with van der Waals surface area (Å²) >= 11 is 10.7. The van der Waals surface area contributed by atoms with Crippen LogP contribution in [0, 0.1) is 5.41 Å². The Labute approximate surface area is 96.6 Å². The predicted molar refractivity (Wildman–Crippen MR) is 67.0 cm³/mol. The summed E-state index contributed by atoms with van der Waals surface area (Å²) in [5.41, 5.74) is -0.00921. The zero-order chi connectivity index (χ0) is 10.8. The number of ether oxygens (including phenoxy) is 1. The topological polar surface area (TPSA) is 12.5 Å². The van der Waals surface area contributed by atoms with E-state index in [9.17, 15) is 0 Å². The molecule has 0 saturated carbocycles. The van der Waals surface area contributed by atoms with Crippen LogP contribution in [0.5, 0.6) is 0 Å². The Morgan fingerprint density at radius 2 is 1.64 bits per heavy atom. The van der Waals surface area contributed by atoms with Gasteiger partial charge in [0.2, 0.25) is 0 Å². The quantitative estimate of drug-likeness (QED) is 0.640. The Hall–Kier alpha value is -0.0600. The molecule has 0 bridgehead atoms. The summed E-state index contributed by atoms with van der Waals surface area (Å²) in [7, 11) is 0. The van der Waals surface area contributed by atoms with Crippen molar-refractivity contribution in [1.29, 1.82) is 0 Å². The summed E-state index contributed by atoms with van der Waals surface area (Å²) in [5, 5.41) is 0. The molecule has 2 nitrogen and oxygen atoms in total. The van der Waals surface area contributed by atoms with Crippen molar-refractivity contribution in [3.63, 3.8) is 0 Å². The van der Waals surface area contributed by atoms with Gasteiger partial charge in [-0.15, -0.1) is 0 Å². The lowest BCUT2D eigenvalue weighted by atomic mass is 9.91. The first-order chi connectivity index (χ1) is 6.43. The lowest BCUT2D eigenvalue weighted by molar-refractivity contribution is 0.0697. The number of hydrogen-bond acceptors (Lipinski definition) is 3. The second kappa shape index (κ2) is 4.64. The van der Waals surface area contributed by atoms with Crippen LogP contribution >= 0.6 is 24.4 Å². The molecule has 0 N–H and O–H groups in total. The summed E-state index contributed by atoms with van der Waals surface area (Å²) in [6.07, 6.45) is 0. The number of nitrogens with zero attached hydrogens (tertiary/aromatic N) is 1. The Morgan fingerprint density at radius 3 is 2.07 bits per heavy atom. The molecule has 1 aliphatic rings. The molecule has 0 radical (unpaired) electrons. The third-order valence-corrected chi connectivity index (χ3v) is 3.57. The van der Waals surface area contributed by atoms with Gasteiger partial charge in [-0.3, -0.25) is 0 Å². The van der Waals surface area contributed by atoms with Gasteiger partial charge in [-0.2, -0.15) is 0 Å². The van der Waals surface area contributed by atoms with E-state index in [-0.39, 0.29) is 5.41 Å². The average molecular weight is 231 g/mol. The molecule has 1 aliphatic heterocycles. The summed E-state index contributed by atoms with van der Waals surface area (Å²) in [6, 6.07) is 0. The highest BCUT2D eigenvalue weighted by Gasteiger charge is 2.25. The second-order valence-corrected chi connectivity index (χ2v) is 5.28. The third-order valence-electron chi connectivity index (χ3n) is 2.17. The number of rotatable bonds is 1. The van der Waals surface area contributed by atoms with Gasteiger partial charge in [0.1, 0.15) is 4.99 Å². The normalized spacial score (nSPS) is 18.1. The van der Waals surface area contributed by atoms with Gasteiger partial charge in [-0.05, 0) is 0 Å². The molecular formula is C10H17NOS2. The smallest absolute Gasteiger partial charge is 0.116 e. The Morgan fingerprint density at radius 1 is 1.14 bits per heavy atom. The highest BCUT2D eigenvalue weighted by atomic mass is 32.1. The third kappa shape index (κ3) is 2.97. The number of thiocarbonyl (C=S) groups is 2.